The van der Waals surface area contributed by atoms with E-state index in [0.717, 1.165) is 11.1 Å². The first kappa shape index (κ1) is 27.3. The molecule has 1 spiro atoms. The highest BCUT2D eigenvalue weighted by atomic mass is 16.5. The van der Waals surface area contributed by atoms with E-state index in [4.69, 9.17) is 4.74 Å². The van der Waals surface area contributed by atoms with Gasteiger partial charge in [-0.3, -0.25) is 14.4 Å². The molecule has 3 saturated heterocycles. The van der Waals surface area contributed by atoms with Gasteiger partial charge >= 0.3 is 0 Å². The quantitative estimate of drug-likeness (QED) is 0.459. The topological polar surface area (TPSA) is 108 Å². The average Bonchev–Trinajstić information content (AvgIpc) is 3.43. The lowest BCUT2D eigenvalue weighted by atomic mass is 9.62. The van der Waals surface area contributed by atoms with E-state index >= 15 is 0 Å². The van der Waals surface area contributed by atoms with Gasteiger partial charge in [-0.05, 0) is 50.7 Å². The van der Waals surface area contributed by atoms with Gasteiger partial charge in [-0.1, -0.05) is 67.6 Å². The number of nitrogens with zero attached hydrogens (tertiary/aromatic N) is 1. The number of hydrogen-bond donors (Lipinski definition) is 3. The molecule has 208 valence electrons. The highest BCUT2D eigenvalue weighted by Gasteiger charge is 2.80. The van der Waals surface area contributed by atoms with Crippen molar-refractivity contribution in [3.63, 3.8) is 0 Å². The number of aliphatic hydroxyl groups excluding tert-OH is 1. The lowest BCUT2D eigenvalue weighted by Gasteiger charge is -2.37. The molecule has 2 aromatic rings. The maximum absolute atomic E-state index is 14.4. The number of rotatable bonds is 9. The first-order chi connectivity index (χ1) is 18.6. The Hall–Kier alpha value is -3.23. The zero-order valence-corrected chi connectivity index (χ0v) is 23.1. The van der Waals surface area contributed by atoms with Gasteiger partial charge in [-0.15, -0.1) is 0 Å². The number of ether oxygens (including phenoxy) is 1. The summed E-state index contributed by atoms with van der Waals surface area (Å²) in [4.78, 5) is 43.6. The second-order valence-electron chi connectivity index (χ2n) is 11.8. The predicted molar refractivity (Wildman–Crippen MR) is 146 cm³/mol. The van der Waals surface area contributed by atoms with E-state index in [1.807, 2.05) is 88.4 Å². The molecule has 8 heteroatoms. The van der Waals surface area contributed by atoms with E-state index in [0.29, 0.717) is 19.4 Å². The molecule has 0 radical (unpaired) electrons. The Morgan fingerprint density at radius 1 is 1.05 bits per heavy atom. The van der Waals surface area contributed by atoms with Crippen molar-refractivity contribution in [1.29, 1.82) is 0 Å². The Labute approximate surface area is 230 Å². The summed E-state index contributed by atoms with van der Waals surface area (Å²) < 4.78 is 6.76. The third-order valence-corrected chi connectivity index (χ3v) is 8.94. The fourth-order valence-corrected chi connectivity index (χ4v) is 7.16. The molecule has 8 nitrogen and oxygen atoms in total. The van der Waals surface area contributed by atoms with Gasteiger partial charge in [0.25, 0.3) is 0 Å². The van der Waals surface area contributed by atoms with Gasteiger partial charge in [0.05, 0.1) is 30.1 Å². The molecule has 3 aliphatic heterocycles. The predicted octanol–water partition coefficient (Wildman–Crippen LogP) is 2.44. The van der Waals surface area contributed by atoms with E-state index in [1.165, 1.54) is 4.90 Å². The first-order valence-corrected chi connectivity index (χ1v) is 13.9. The van der Waals surface area contributed by atoms with Gasteiger partial charge in [-0.2, -0.15) is 0 Å². The molecule has 3 unspecified atom stereocenters. The molecule has 3 aliphatic rings. The minimum absolute atomic E-state index is 0.0509. The van der Waals surface area contributed by atoms with Crippen LogP contribution in [-0.2, 0) is 32.1 Å². The van der Waals surface area contributed by atoms with Crippen LogP contribution in [-0.4, -0.2) is 63.7 Å². The SMILES string of the molecule is CC(C)NC(=O)C1N([C@@H](CO)Cc2ccccc2)C(=O)[C@@H]2[C@H](C(=O)NCc3ccccc3)[C@@]3(C)OC12CC3C. The zero-order valence-electron chi connectivity index (χ0n) is 23.1. The van der Waals surface area contributed by atoms with Crippen molar-refractivity contribution in [3.8, 4) is 0 Å². The molecule has 3 amide bonds. The van der Waals surface area contributed by atoms with Gasteiger partial charge in [0.1, 0.15) is 11.6 Å². The highest BCUT2D eigenvalue weighted by Crippen LogP contribution is 2.65. The molecule has 7 atom stereocenters. The summed E-state index contributed by atoms with van der Waals surface area (Å²) >= 11 is 0. The normalized spacial score (nSPS) is 31.8. The van der Waals surface area contributed by atoms with Gasteiger partial charge in [0, 0.05) is 12.6 Å². The molecule has 3 heterocycles. The van der Waals surface area contributed by atoms with Crippen molar-refractivity contribution in [2.45, 2.75) is 76.4 Å². The minimum atomic E-state index is -1.15. The third-order valence-electron chi connectivity index (χ3n) is 8.94. The van der Waals surface area contributed by atoms with Crippen LogP contribution in [0.2, 0.25) is 0 Å². The Morgan fingerprint density at radius 2 is 1.67 bits per heavy atom. The molecule has 2 bridgehead atoms. The van der Waals surface area contributed by atoms with Crippen LogP contribution < -0.4 is 10.6 Å². The summed E-state index contributed by atoms with van der Waals surface area (Å²) in [6.45, 7) is 7.70. The number of aliphatic hydroxyl groups is 1. The molecule has 39 heavy (non-hydrogen) atoms. The Kier molecular flexibility index (Phi) is 7.29. The summed E-state index contributed by atoms with van der Waals surface area (Å²) in [6, 6.07) is 17.5. The van der Waals surface area contributed by atoms with Crippen molar-refractivity contribution in [1.82, 2.24) is 15.5 Å². The number of fused-ring (bicyclic) bond motifs is 1. The van der Waals surface area contributed by atoms with Crippen LogP contribution in [0.3, 0.4) is 0 Å². The van der Waals surface area contributed by atoms with Gasteiger partial charge < -0.3 is 25.4 Å². The number of nitrogens with one attached hydrogen (secondary N) is 2. The van der Waals surface area contributed by atoms with E-state index < -0.39 is 35.1 Å². The van der Waals surface area contributed by atoms with E-state index in [1.54, 1.807) is 0 Å². The highest BCUT2D eigenvalue weighted by molar-refractivity contribution is 5.99. The van der Waals surface area contributed by atoms with Crippen molar-refractivity contribution in [2.24, 2.45) is 17.8 Å². The lowest BCUT2D eigenvalue weighted by Crippen LogP contribution is -2.59. The number of hydrogen-bond acceptors (Lipinski definition) is 5. The summed E-state index contributed by atoms with van der Waals surface area (Å²) in [5, 5.41) is 16.5. The standard InChI is InChI=1S/C31H39N3O5/c1-19(2)33-28(37)26-31-16-20(3)30(4,39-31)24(27(36)32-17-22-13-9-6-10-14-22)25(31)29(38)34(26)23(18-35)15-21-11-7-5-8-12-21/h5-14,19-20,23-26,35H,15-18H2,1-4H3,(H,32,36)(H,33,37)/t20?,23-,24-,25+,26?,30+,31?/m1/s1. The molecular weight excluding hydrogens is 494 g/mol. The molecule has 3 fully saturated rings. The molecule has 3 N–H and O–H groups in total. The van der Waals surface area contributed by atoms with Crippen molar-refractivity contribution in [2.75, 3.05) is 6.61 Å². The molecule has 5 rings (SSSR count). The average molecular weight is 534 g/mol. The minimum Gasteiger partial charge on any atom is -0.394 e. The fourth-order valence-electron chi connectivity index (χ4n) is 7.16. The van der Waals surface area contributed by atoms with E-state index in [2.05, 4.69) is 10.6 Å². The first-order valence-electron chi connectivity index (χ1n) is 13.9. The van der Waals surface area contributed by atoms with Crippen LogP contribution in [0.4, 0.5) is 0 Å². The monoisotopic (exact) mass is 533 g/mol. The summed E-state index contributed by atoms with van der Waals surface area (Å²) in [5.41, 5.74) is -0.134. The van der Waals surface area contributed by atoms with Gasteiger partial charge in [0.15, 0.2) is 0 Å². The van der Waals surface area contributed by atoms with E-state index in [-0.39, 0.29) is 36.3 Å². The van der Waals surface area contributed by atoms with Crippen LogP contribution in [0.25, 0.3) is 0 Å². The van der Waals surface area contributed by atoms with Crippen LogP contribution >= 0.6 is 0 Å². The van der Waals surface area contributed by atoms with Crippen LogP contribution in [0.1, 0.15) is 45.2 Å². The van der Waals surface area contributed by atoms with Gasteiger partial charge in [0.2, 0.25) is 17.7 Å². The summed E-state index contributed by atoms with van der Waals surface area (Å²) in [6.07, 6.45) is 0.869. The molecule has 0 saturated carbocycles. The fraction of sp³-hybridized carbons (Fsp3) is 0.516. The largest absolute Gasteiger partial charge is 0.394 e. The molecule has 0 aromatic heterocycles. The maximum Gasteiger partial charge on any atom is 0.246 e. The third kappa shape index (κ3) is 4.53. The number of benzene rings is 2. The number of likely N-dealkylation sites (tertiary alicyclic amines) is 1. The van der Waals surface area contributed by atoms with Crippen LogP contribution in [0.5, 0.6) is 0 Å². The smallest absolute Gasteiger partial charge is 0.246 e. The van der Waals surface area contributed by atoms with Crippen molar-refractivity contribution in [3.05, 3.63) is 71.8 Å². The van der Waals surface area contributed by atoms with Crippen LogP contribution in [0.15, 0.2) is 60.7 Å². The maximum atomic E-state index is 14.4. The number of carbonyl (C=O) groups is 3. The second-order valence-corrected chi connectivity index (χ2v) is 11.8. The van der Waals surface area contributed by atoms with Crippen LogP contribution in [0, 0.1) is 17.8 Å². The van der Waals surface area contributed by atoms with Gasteiger partial charge in [-0.25, -0.2) is 0 Å². The van der Waals surface area contributed by atoms with Crippen molar-refractivity contribution < 1.29 is 24.2 Å². The number of amides is 3. The summed E-state index contributed by atoms with van der Waals surface area (Å²) in [7, 11) is 0. The lowest BCUT2D eigenvalue weighted by molar-refractivity contribution is -0.151. The van der Waals surface area contributed by atoms with Crippen molar-refractivity contribution >= 4 is 17.7 Å². The Morgan fingerprint density at radius 3 is 2.26 bits per heavy atom. The number of carbonyl (C=O) groups excluding carboxylic acids is 3. The molecule has 0 aliphatic carbocycles. The molecular formula is C31H39N3O5. The second kappa shape index (κ2) is 10.4. The summed E-state index contributed by atoms with van der Waals surface area (Å²) in [5.74, 6) is -2.49. The Balaban J connectivity index is 1.52. The zero-order chi connectivity index (χ0) is 27.9. The van der Waals surface area contributed by atoms with E-state index in [9.17, 15) is 19.5 Å². The molecule has 2 aromatic carbocycles. The Bertz CT molecular complexity index is 1220.